The number of ether oxygens (including phenoxy) is 1. The summed E-state index contributed by atoms with van der Waals surface area (Å²) in [4.78, 5) is 15.8. The van der Waals surface area contributed by atoms with Crippen LogP contribution in [0.1, 0.15) is 27.2 Å². The first-order chi connectivity index (χ1) is 12.1. The highest BCUT2D eigenvalue weighted by atomic mass is 16.5. The first-order valence-electron chi connectivity index (χ1n) is 8.24. The minimum absolute atomic E-state index is 0.0880. The fourth-order valence-corrected chi connectivity index (χ4v) is 2.74. The van der Waals surface area contributed by atoms with Gasteiger partial charge in [-0.2, -0.15) is 0 Å². The van der Waals surface area contributed by atoms with Crippen molar-refractivity contribution in [1.29, 1.82) is 0 Å². The van der Waals surface area contributed by atoms with Crippen LogP contribution in [0.25, 0.3) is 11.3 Å². The smallest absolute Gasteiger partial charge is 0.253 e. The Morgan fingerprint density at radius 2 is 1.84 bits per heavy atom. The summed E-state index contributed by atoms with van der Waals surface area (Å²) >= 11 is 0. The molecule has 1 amide bonds. The molecule has 0 fully saturated rings. The number of H-pyrrole nitrogens is 1. The van der Waals surface area contributed by atoms with E-state index in [9.17, 15) is 4.79 Å². The highest BCUT2D eigenvalue weighted by Crippen LogP contribution is 2.22. The molecule has 0 aliphatic heterocycles. The summed E-state index contributed by atoms with van der Waals surface area (Å²) in [5, 5.41) is 2.97. The summed E-state index contributed by atoms with van der Waals surface area (Å²) in [5.41, 5.74) is 5.75. The Labute approximate surface area is 147 Å². The van der Waals surface area contributed by atoms with Crippen molar-refractivity contribution in [2.24, 2.45) is 0 Å². The van der Waals surface area contributed by atoms with Gasteiger partial charge in [0, 0.05) is 17.9 Å². The van der Waals surface area contributed by atoms with Crippen molar-refractivity contribution < 1.29 is 9.53 Å². The largest absolute Gasteiger partial charge is 0.497 e. The van der Waals surface area contributed by atoms with Crippen LogP contribution >= 0.6 is 0 Å². The second-order valence-corrected chi connectivity index (χ2v) is 6.12. The summed E-state index contributed by atoms with van der Waals surface area (Å²) in [7, 11) is 1.63. The van der Waals surface area contributed by atoms with Gasteiger partial charge in [0.15, 0.2) is 0 Å². The molecule has 4 nitrogen and oxygen atoms in total. The maximum atomic E-state index is 12.5. The van der Waals surface area contributed by atoms with Gasteiger partial charge >= 0.3 is 0 Å². The molecule has 1 heterocycles. The van der Waals surface area contributed by atoms with Crippen molar-refractivity contribution >= 4 is 5.91 Å². The Balaban J connectivity index is 1.73. The molecule has 2 N–H and O–H groups in total. The lowest BCUT2D eigenvalue weighted by molar-refractivity contribution is 0.0950. The maximum Gasteiger partial charge on any atom is 0.253 e. The van der Waals surface area contributed by atoms with Gasteiger partial charge in [0.2, 0.25) is 0 Å². The standard InChI is InChI=1S/C21H22N2O2/c1-14-7-9-17(10-8-14)20-12-19(15(2)23-20)21(24)22-13-16-5-4-6-18(11-16)25-3/h4-12,23H,13H2,1-3H3,(H,22,24). The lowest BCUT2D eigenvalue weighted by atomic mass is 10.1. The number of aryl methyl sites for hydroxylation is 2. The predicted octanol–water partition coefficient (Wildman–Crippen LogP) is 4.24. The van der Waals surface area contributed by atoms with E-state index in [1.54, 1.807) is 7.11 Å². The van der Waals surface area contributed by atoms with E-state index in [4.69, 9.17) is 4.74 Å². The van der Waals surface area contributed by atoms with E-state index in [0.29, 0.717) is 12.1 Å². The van der Waals surface area contributed by atoms with Crippen LogP contribution < -0.4 is 10.1 Å². The van der Waals surface area contributed by atoms with Crippen LogP contribution in [0.4, 0.5) is 0 Å². The van der Waals surface area contributed by atoms with Gasteiger partial charge in [0.1, 0.15) is 5.75 Å². The zero-order chi connectivity index (χ0) is 17.8. The Bertz CT molecular complexity index is 879. The summed E-state index contributed by atoms with van der Waals surface area (Å²) in [5.74, 6) is 0.696. The number of aromatic nitrogens is 1. The van der Waals surface area contributed by atoms with Gasteiger partial charge in [0.05, 0.1) is 12.7 Å². The Morgan fingerprint density at radius 3 is 2.56 bits per heavy atom. The van der Waals surface area contributed by atoms with E-state index in [1.807, 2.05) is 37.3 Å². The number of hydrogen-bond acceptors (Lipinski definition) is 2. The molecule has 0 saturated carbocycles. The number of rotatable bonds is 5. The molecule has 3 aromatic rings. The number of carbonyl (C=O) groups excluding carboxylic acids is 1. The first-order valence-corrected chi connectivity index (χ1v) is 8.24. The van der Waals surface area contributed by atoms with Crippen LogP contribution in [0.15, 0.2) is 54.6 Å². The van der Waals surface area contributed by atoms with E-state index < -0.39 is 0 Å². The molecule has 1 aromatic heterocycles. The van der Waals surface area contributed by atoms with Crippen molar-refractivity contribution in [3.8, 4) is 17.0 Å². The number of methoxy groups -OCH3 is 1. The summed E-state index contributed by atoms with van der Waals surface area (Å²) in [6, 6.07) is 17.8. The van der Waals surface area contributed by atoms with E-state index in [-0.39, 0.29) is 5.91 Å². The average Bonchev–Trinajstić information content (AvgIpc) is 3.02. The first kappa shape index (κ1) is 16.8. The van der Waals surface area contributed by atoms with Crippen molar-refractivity contribution in [3.63, 3.8) is 0 Å². The molecule has 0 radical (unpaired) electrons. The van der Waals surface area contributed by atoms with Crippen molar-refractivity contribution in [2.75, 3.05) is 7.11 Å². The van der Waals surface area contributed by atoms with Crippen LogP contribution in [-0.4, -0.2) is 18.0 Å². The molecular formula is C21H22N2O2. The lowest BCUT2D eigenvalue weighted by Crippen LogP contribution is -2.23. The third-order valence-corrected chi connectivity index (χ3v) is 4.21. The molecule has 25 heavy (non-hydrogen) atoms. The highest BCUT2D eigenvalue weighted by Gasteiger charge is 2.13. The number of aromatic amines is 1. The van der Waals surface area contributed by atoms with Crippen LogP contribution in [-0.2, 0) is 6.54 Å². The van der Waals surface area contributed by atoms with Crippen molar-refractivity contribution in [3.05, 3.63) is 77.0 Å². The maximum absolute atomic E-state index is 12.5. The second-order valence-electron chi connectivity index (χ2n) is 6.12. The van der Waals surface area contributed by atoms with Gasteiger partial charge in [-0.05, 0) is 43.2 Å². The van der Waals surface area contributed by atoms with Gasteiger partial charge < -0.3 is 15.0 Å². The molecule has 0 bridgehead atoms. The van der Waals surface area contributed by atoms with Gasteiger partial charge in [0.25, 0.3) is 5.91 Å². The van der Waals surface area contributed by atoms with Gasteiger partial charge in [-0.25, -0.2) is 0 Å². The number of nitrogens with one attached hydrogen (secondary N) is 2. The minimum atomic E-state index is -0.0880. The average molecular weight is 334 g/mol. The SMILES string of the molecule is COc1cccc(CNC(=O)c2cc(-c3ccc(C)cc3)[nH]c2C)c1. The summed E-state index contributed by atoms with van der Waals surface area (Å²) in [6.07, 6.45) is 0. The fraction of sp³-hybridized carbons (Fsp3) is 0.190. The monoisotopic (exact) mass is 334 g/mol. The van der Waals surface area contributed by atoms with Gasteiger partial charge in [-0.3, -0.25) is 4.79 Å². The molecular weight excluding hydrogens is 312 g/mol. The van der Waals surface area contributed by atoms with Gasteiger partial charge in [-0.1, -0.05) is 42.0 Å². The van der Waals surface area contributed by atoms with Crippen molar-refractivity contribution in [2.45, 2.75) is 20.4 Å². The number of amides is 1. The predicted molar refractivity (Wildman–Crippen MR) is 99.9 cm³/mol. The highest BCUT2D eigenvalue weighted by molar-refractivity contribution is 5.96. The third kappa shape index (κ3) is 3.91. The van der Waals surface area contributed by atoms with Crippen LogP contribution in [0, 0.1) is 13.8 Å². The number of carbonyl (C=O) groups is 1. The lowest BCUT2D eigenvalue weighted by Gasteiger charge is -2.06. The molecule has 0 aliphatic carbocycles. The zero-order valence-corrected chi connectivity index (χ0v) is 14.7. The van der Waals surface area contributed by atoms with E-state index >= 15 is 0 Å². The second kappa shape index (κ2) is 7.26. The molecule has 0 spiro atoms. The van der Waals surface area contributed by atoms with Crippen LogP contribution in [0.3, 0.4) is 0 Å². The van der Waals surface area contributed by atoms with Crippen LogP contribution in [0.5, 0.6) is 5.75 Å². The van der Waals surface area contributed by atoms with E-state index in [1.165, 1.54) is 5.56 Å². The molecule has 2 aromatic carbocycles. The van der Waals surface area contributed by atoms with Crippen LogP contribution in [0.2, 0.25) is 0 Å². The molecule has 0 unspecified atom stereocenters. The molecule has 3 rings (SSSR count). The minimum Gasteiger partial charge on any atom is -0.497 e. The molecule has 0 aliphatic rings. The summed E-state index contributed by atoms with van der Waals surface area (Å²) in [6.45, 7) is 4.43. The fourth-order valence-electron chi connectivity index (χ4n) is 2.74. The van der Waals surface area contributed by atoms with Crippen molar-refractivity contribution in [1.82, 2.24) is 10.3 Å². The number of benzene rings is 2. The Morgan fingerprint density at radius 1 is 1.08 bits per heavy atom. The molecule has 0 saturated heterocycles. The molecule has 4 heteroatoms. The zero-order valence-electron chi connectivity index (χ0n) is 14.7. The topological polar surface area (TPSA) is 54.1 Å². The van der Waals surface area contributed by atoms with E-state index in [0.717, 1.165) is 28.3 Å². The molecule has 0 atom stereocenters. The Kier molecular flexibility index (Phi) is 4.89. The Hall–Kier alpha value is -3.01. The number of hydrogen-bond donors (Lipinski definition) is 2. The third-order valence-electron chi connectivity index (χ3n) is 4.21. The molecule has 128 valence electrons. The normalized spacial score (nSPS) is 10.5. The quantitative estimate of drug-likeness (QED) is 0.733. The van der Waals surface area contributed by atoms with E-state index in [2.05, 4.69) is 41.5 Å². The van der Waals surface area contributed by atoms with Gasteiger partial charge in [-0.15, -0.1) is 0 Å². The summed E-state index contributed by atoms with van der Waals surface area (Å²) < 4.78 is 5.21.